The summed E-state index contributed by atoms with van der Waals surface area (Å²) in [5, 5.41) is 0. The van der Waals surface area contributed by atoms with Crippen LogP contribution in [0.2, 0.25) is 0 Å². The van der Waals surface area contributed by atoms with Crippen molar-refractivity contribution in [3.8, 4) is 0 Å². The number of alkyl halides is 3. The Bertz CT molecular complexity index is 470. The van der Waals surface area contributed by atoms with Crippen molar-refractivity contribution >= 4 is 5.69 Å². The smallest absolute Gasteiger partial charge is 0.381 e. The third kappa shape index (κ3) is 4.11. The number of hydrogen-bond acceptors (Lipinski definition) is 3. The van der Waals surface area contributed by atoms with E-state index in [9.17, 15) is 13.2 Å². The standard InChI is InChI=1S/C15H21F3N2O/c1-20(10-11-4-6-21-7-5-11)13-2-3-14(15(16,17)18)12(8-13)9-19/h2-3,8,11H,4-7,9-10,19H2,1H3. The predicted molar refractivity (Wildman–Crippen MR) is 76.1 cm³/mol. The van der Waals surface area contributed by atoms with Gasteiger partial charge in [0.1, 0.15) is 0 Å². The summed E-state index contributed by atoms with van der Waals surface area (Å²) in [6, 6.07) is 4.18. The molecule has 1 fully saturated rings. The fourth-order valence-corrected chi connectivity index (χ4v) is 2.68. The number of ether oxygens (including phenoxy) is 1. The van der Waals surface area contributed by atoms with E-state index in [4.69, 9.17) is 10.5 Å². The summed E-state index contributed by atoms with van der Waals surface area (Å²) in [5.41, 5.74) is 5.73. The summed E-state index contributed by atoms with van der Waals surface area (Å²) in [6.45, 7) is 2.23. The van der Waals surface area contributed by atoms with Crippen molar-refractivity contribution in [1.82, 2.24) is 0 Å². The first-order valence-corrected chi connectivity index (χ1v) is 7.11. The number of hydrogen-bond donors (Lipinski definition) is 1. The predicted octanol–water partition coefficient (Wildman–Crippen LogP) is 3.03. The average Bonchev–Trinajstić information content (AvgIpc) is 2.46. The zero-order valence-electron chi connectivity index (χ0n) is 12.1. The maximum atomic E-state index is 12.9. The third-order valence-corrected chi connectivity index (χ3v) is 3.93. The Morgan fingerprint density at radius 2 is 1.95 bits per heavy atom. The fourth-order valence-electron chi connectivity index (χ4n) is 2.68. The summed E-state index contributed by atoms with van der Waals surface area (Å²) < 4.78 is 43.9. The van der Waals surface area contributed by atoms with Gasteiger partial charge in [-0.1, -0.05) is 0 Å². The number of nitrogens with zero attached hydrogens (tertiary/aromatic N) is 1. The van der Waals surface area contributed by atoms with Gasteiger partial charge >= 0.3 is 6.18 Å². The Labute approximate surface area is 122 Å². The summed E-state index contributed by atoms with van der Waals surface area (Å²) in [5.74, 6) is 0.521. The lowest BCUT2D eigenvalue weighted by atomic mass is 9.99. The molecule has 1 heterocycles. The summed E-state index contributed by atoms with van der Waals surface area (Å²) >= 11 is 0. The Morgan fingerprint density at radius 1 is 1.29 bits per heavy atom. The highest BCUT2D eigenvalue weighted by molar-refractivity contribution is 5.51. The molecule has 118 valence electrons. The minimum absolute atomic E-state index is 0.117. The average molecular weight is 302 g/mol. The Morgan fingerprint density at radius 3 is 2.52 bits per heavy atom. The monoisotopic (exact) mass is 302 g/mol. The van der Waals surface area contributed by atoms with Crippen molar-refractivity contribution in [1.29, 1.82) is 0 Å². The van der Waals surface area contributed by atoms with E-state index in [0.29, 0.717) is 5.92 Å². The Kier molecular flexibility index (Phi) is 5.11. The minimum atomic E-state index is -4.35. The molecule has 0 bridgehead atoms. The molecule has 6 heteroatoms. The van der Waals surface area contributed by atoms with Gasteiger partial charge in [-0.25, -0.2) is 0 Å². The highest BCUT2D eigenvalue weighted by Crippen LogP contribution is 2.34. The molecule has 1 aromatic carbocycles. The third-order valence-electron chi connectivity index (χ3n) is 3.93. The molecule has 2 rings (SSSR count). The van der Waals surface area contributed by atoms with Crippen molar-refractivity contribution in [3.63, 3.8) is 0 Å². The number of nitrogens with two attached hydrogens (primary N) is 1. The first-order valence-electron chi connectivity index (χ1n) is 7.11. The number of rotatable bonds is 4. The Hall–Kier alpha value is -1.27. The van der Waals surface area contributed by atoms with Crippen LogP contribution in [0.1, 0.15) is 24.0 Å². The van der Waals surface area contributed by atoms with Crippen molar-refractivity contribution in [3.05, 3.63) is 29.3 Å². The topological polar surface area (TPSA) is 38.5 Å². The maximum absolute atomic E-state index is 12.9. The SMILES string of the molecule is CN(CC1CCOCC1)c1ccc(C(F)(F)F)c(CN)c1. The van der Waals surface area contributed by atoms with E-state index in [-0.39, 0.29) is 12.1 Å². The van der Waals surface area contributed by atoms with Gasteiger partial charge in [0, 0.05) is 39.0 Å². The molecule has 2 N–H and O–H groups in total. The van der Waals surface area contributed by atoms with Crippen molar-refractivity contribution in [2.45, 2.75) is 25.6 Å². The molecular weight excluding hydrogens is 281 g/mol. The summed E-state index contributed by atoms with van der Waals surface area (Å²) in [7, 11) is 1.90. The van der Waals surface area contributed by atoms with E-state index < -0.39 is 11.7 Å². The molecule has 0 saturated carbocycles. The molecule has 0 aromatic heterocycles. The molecule has 1 aliphatic rings. The van der Waals surface area contributed by atoms with Crippen LogP contribution in [0, 0.1) is 5.92 Å². The van der Waals surface area contributed by atoms with Crippen LogP contribution in [0.25, 0.3) is 0 Å². The summed E-state index contributed by atoms with van der Waals surface area (Å²) in [6.07, 6.45) is -2.37. The van der Waals surface area contributed by atoms with Gasteiger partial charge in [-0.05, 0) is 42.5 Å². The van der Waals surface area contributed by atoms with Crippen molar-refractivity contribution < 1.29 is 17.9 Å². The zero-order chi connectivity index (χ0) is 15.5. The van der Waals surface area contributed by atoms with Crippen LogP contribution in [0.15, 0.2) is 18.2 Å². The van der Waals surface area contributed by atoms with Crippen LogP contribution in [-0.2, 0) is 17.5 Å². The molecule has 0 spiro atoms. The minimum Gasteiger partial charge on any atom is -0.381 e. The van der Waals surface area contributed by atoms with E-state index in [1.54, 1.807) is 6.07 Å². The molecule has 0 aliphatic carbocycles. The second-order valence-corrected chi connectivity index (χ2v) is 5.48. The van der Waals surface area contributed by atoms with Gasteiger partial charge in [0.15, 0.2) is 0 Å². The van der Waals surface area contributed by atoms with Gasteiger partial charge in [0.25, 0.3) is 0 Å². The molecule has 3 nitrogen and oxygen atoms in total. The quantitative estimate of drug-likeness (QED) is 0.929. The van der Waals surface area contributed by atoms with Crippen LogP contribution in [0.4, 0.5) is 18.9 Å². The molecule has 21 heavy (non-hydrogen) atoms. The second-order valence-electron chi connectivity index (χ2n) is 5.48. The lowest BCUT2D eigenvalue weighted by molar-refractivity contribution is -0.138. The van der Waals surface area contributed by atoms with Gasteiger partial charge in [-0.2, -0.15) is 13.2 Å². The maximum Gasteiger partial charge on any atom is 0.416 e. The van der Waals surface area contributed by atoms with Crippen LogP contribution in [0.3, 0.4) is 0 Å². The van der Waals surface area contributed by atoms with E-state index in [1.165, 1.54) is 6.07 Å². The van der Waals surface area contributed by atoms with Crippen LogP contribution in [-0.4, -0.2) is 26.8 Å². The second kappa shape index (κ2) is 6.66. The number of halogens is 3. The van der Waals surface area contributed by atoms with E-state index >= 15 is 0 Å². The molecule has 1 aliphatic heterocycles. The molecule has 1 aromatic rings. The first kappa shape index (κ1) is 16.1. The van der Waals surface area contributed by atoms with E-state index in [0.717, 1.165) is 44.4 Å². The van der Waals surface area contributed by atoms with Gasteiger partial charge in [-0.15, -0.1) is 0 Å². The largest absolute Gasteiger partial charge is 0.416 e. The molecule has 1 saturated heterocycles. The molecule has 0 radical (unpaired) electrons. The highest BCUT2D eigenvalue weighted by atomic mass is 19.4. The number of anilines is 1. The van der Waals surface area contributed by atoms with Crippen molar-refractivity contribution in [2.75, 3.05) is 31.7 Å². The molecule has 0 amide bonds. The normalized spacial score (nSPS) is 17.0. The van der Waals surface area contributed by atoms with Crippen LogP contribution < -0.4 is 10.6 Å². The molecule has 0 atom stereocenters. The van der Waals surface area contributed by atoms with Gasteiger partial charge in [-0.3, -0.25) is 0 Å². The van der Waals surface area contributed by atoms with Crippen LogP contribution >= 0.6 is 0 Å². The number of benzene rings is 1. The lowest BCUT2D eigenvalue weighted by Crippen LogP contribution is -2.29. The van der Waals surface area contributed by atoms with Gasteiger partial charge in [0.2, 0.25) is 0 Å². The molecule has 0 unspecified atom stereocenters. The van der Waals surface area contributed by atoms with Crippen molar-refractivity contribution in [2.24, 2.45) is 11.7 Å². The zero-order valence-corrected chi connectivity index (χ0v) is 12.1. The van der Waals surface area contributed by atoms with Gasteiger partial charge < -0.3 is 15.4 Å². The first-order chi connectivity index (χ1) is 9.91. The fraction of sp³-hybridized carbons (Fsp3) is 0.600. The molecular formula is C15H21F3N2O. The summed E-state index contributed by atoms with van der Waals surface area (Å²) in [4.78, 5) is 2.00. The highest BCUT2D eigenvalue weighted by Gasteiger charge is 2.33. The van der Waals surface area contributed by atoms with E-state index in [1.807, 2.05) is 11.9 Å². The lowest BCUT2D eigenvalue weighted by Gasteiger charge is -2.29. The van der Waals surface area contributed by atoms with Crippen LogP contribution in [0.5, 0.6) is 0 Å². The van der Waals surface area contributed by atoms with Gasteiger partial charge in [0.05, 0.1) is 5.56 Å². The van der Waals surface area contributed by atoms with E-state index in [2.05, 4.69) is 0 Å². The Balaban J connectivity index is 2.12.